The zero-order valence-corrected chi connectivity index (χ0v) is 17.8. The molecule has 0 aliphatic rings. The molecule has 0 fully saturated rings. The molecule has 2 rings (SSSR count). The highest BCUT2D eigenvalue weighted by molar-refractivity contribution is 7.92. The number of nitrogens with one attached hydrogen (secondary N) is 2. The maximum Gasteiger partial charge on any atom is 0.261 e. The van der Waals surface area contributed by atoms with E-state index < -0.39 is 10.0 Å². The Morgan fingerprint density at radius 3 is 2.21 bits per heavy atom. The molecule has 1 amide bonds. The standard InChI is InChI=1S/C21H28N2O4S/c1-15-6-7-17(12-16(15)2)23-28(25,26)19-10-8-18(9-11-19)27-13-20(24)22-14-21(3,4)5/h6-12,23H,13-14H2,1-5H3,(H,22,24). The first-order valence-corrected chi connectivity index (χ1v) is 10.5. The molecule has 0 unspecified atom stereocenters. The SMILES string of the molecule is Cc1ccc(NS(=O)(=O)c2ccc(OCC(=O)NCC(C)(C)C)cc2)cc1C. The number of hydrogen-bond donors (Lipinski definition) is 2. The Morgan fingerprint density at radius 1 is 1.00 bits per heavy atom. The molecular weight excluding hydrogens is 376 g/mol. The summed E-state index contributed by atoms with van der Waals surface area (Å²) in [5, 5.41) is 2.79. The predicted molar refractivity (Wildman–Crippen MR) is 111 cm³/mol. The number of carbonyl (C=O) groups is 1. The molecule has 0 saturated carbocycles. The number of sulfonamides is 1. The second kappa shape index (κ2) is 8.65. The average Bonchev–Trinajstić information content (AvgIpc) is 2.61. The number of hydrogen-bond acceptors (Lipinski definition) is 4. The molecule has 2 aromatic carbocycles. The van der Waals surface area contributed by atoms with Crippen LogP contribution in [0.25, 0.3) is 0 Å². The number of benzene rings is 2. The van der Waals surface area contributed by atoms with Crippen LogP contribution < -0.4 is 14.8 Å². The van der Waals surface area contributed by atoms with Gasteiger partial charge in [0.1, 0.15) is 5.75 Å². The fourth-order valence-corrected chi connectivity index (χ4v) is 3.35. The van der Waals surface area contributed by atoms with Crippen LogP contribution in [0.5, 0.6) is 5.75 Å². The van der Waals surface area contributed by atoms with E-state index in [1.807, 2.05) is 40.7 Å². The molecule has 0 saturated heterocycles. The first-order valence-electron chi connectivity index (χ1n) is 9.06. The van der Waals surface area contributed by atoms with Crippen LogP contribution in [0.1, 0.15) is 31.9 Å². The minimum Gasteiger partial charge on any atom is -0.484 e. The number of rotatable bonds is 7. The van der Waals surface area contributed by atoms with E-state index in [9.17, 15) is 13.2 Å². The Kier molecular flexibility index (Phi) is 6.72. The minimum absolute atomic E-state index is 0.00530. The summed E-state index contributed by atoms with van der Waals surface area (Å²) in [6.45, 7) is 10.4. The third-order valence-corrected chi connectivity index (χ3v) is 5.48. The number of anilines is 1. The lowest BCUT2D eigenvalue weighted by atomic mass is 9.97. The molecule has 0 aliphatic heterocycles. The van der Waals surface area contributed by atoms with E-state index in [4.69, 9.17) is 4.74 Å². The lowest BCUT2D eigenvalue weighted by molar-refractivity contribution is -0.123. The van der Waals surface area contributed by atoms with Crippen molar-refractivity contribution >= 4 is 21.6 Å². The van der Waals surface area contributed by atoms with Crippen LogP contribution in [0.4, 0.5) is 5.69 Å². The van der Waals surface area contributed by atoms with E-state index in [2.05, 4.69) is 10.0 Å². The molecule has 0 aromatic heterocycles. The lowest BCUT2D eigenvalue weighted by Gasteiger charge is -2.18. The molecule has 152 valence electrons. The normalized spacial score (nSPS) is 11.8. The van der Waals surface area contributed by atoms with Gasteiger partial charge in [-0.1, -0.05) is 26.8 Å². The van der Waals surface area contributed by atoms with E-state index in [0.29, 0.717) is 18.0 Å². The van der Waals surface area contributed by atoms with Crippen molar-refractivity contribution in [2.24, 2.45) is 5.41 Å². The van der Waals surface area contributed by atoms with Crippen LogP contribution in [0.15, 0.2) is 47.4 Å². The summed E-state index contributed by atoms with van der Waals surface area (Å²) < 4.78 is 33.1. The molecule has 0 aliphatic carbocycles. The van der Waals surface area contributed by atoms with Crippen molar-refractivity contribution in [1.82, 2.24) is 5.32 Å². The highest BCUT2D eigenvalue weighted by Gasteiger charge is 2.15. The van der Waals surface area contributed by atoms with Gasteiger partial charge in [0.15, 0.2) is 6.61 Å². The third kappa shape index (κ3) is 6.56. The highest BCUT2D eigenvalue weighted by atomic mass is 32.2. The van der Waals surface area contributed by atoms with E-state index in [1.54, 1.807) is 12.1 Å². The Labute approximate surface area is 167 Å². The second-order valence-corrected chi connectivity index (χ2v) is 9.68. The maximum absolute atomic E-state index is 12.5. The summed E-state index contributed by atoms with van der Waals surface area (Å²) in [4.78, 5) is 11.9. The van der Waals surface area contributed by atoms with Crippen molar-refractivity contribution in [3.8, 4) is 5.75 Å². The van der Waals surface area contributed by atoms with Crippen molar-refractivity contribution in [2.75, 3.05) is 17.9 Å². The minimum atomic E-state index is -3.70. The van der Waals surface area contributed by atoms with Crippen LogP contribution in [0.3, 0.4) is 0 Å². The summed E-state index contributed by atoms with van der Waals surface area (Å²) in [7, 11) is -3.70. The summed E-state index contributed by atoms with van der Waals surface area (Å²) in [6, 6.07) is 11.4. The van der Waals surface area contributed by atoms with Gasteiger partial charge in [0.2, 0.25) is 0 Å². The number of aryl methyl sites for hydroxylation is 2. The molecule has 0 bridgehead atoms. The molecule has 2 aromatic rings. The quantitative estimate of drug-likeness (QED) is 0.738. The molecule has 0 heterocycles. The zero-order valence-electron chi connectivity index (χ0n) is 17.0. The van der Waals surface area contributed by atoms with Gasteiger partial charge in [-0.3, -0.25) is 9.52 Å². The number of ether oxygens (including phenoxy) is 1. The Bertz CT molecular complexity index is 930. The van der Waals surface area contributed by atoms with Crippen molar-refractivity contribution in [3.05, 3.63) is 53.6 Å². The van der Waals surface area contributed by atoms with Gasteiger partial charge in [-0.25, -0.2) is 8.42 Å². The second-order valence-electron chi connectivity index (χ2n) is 8.00. The Hall–Kier alpha value is -2.54. The predicted octanol–water partition coefficient (Wildman–Crippen LogP) is 3.65. The Morgan fingerprint density at radius 2 is 1.64 bits per heavy atom. The molecule has 0 atom stereocenters. The van der Waals surface area contributed by atoms with Crippen molar-refractivity contribution in [3.63, 3.8) is 0 Å². The zero-order chi connectivity index (χ0) is 20.9. The van der Waals surface area contributed by atoms with Gasteiger partial charge < -0.3 is 10.1 Å². The largest absolute Gasteiger partial charge is 0.484 e. The van der Waals surface area contributed by atoms with Gasteiger partial charge in [0.05, 0.1) is 4.90 Å². The van der Waals surface area contributed by atoms with Gasteiger partial charge in [0.25, 0.3) is 15.9 Å². The van der Waals surface area contributed by atoms with Gasteiger partial charge in [0, 0.05) is 12.2 Å². The Balaban J connectivity index is 1.97. The molecule has 0 radical (unpaired) electrons. The molecular formula is C21H28N2O4S. The topological polar surface area (TPSA) is 84.5 Å². The molecule has 28 heavy (non-hydrogen) atoms. The van der Waals surface area contributed by atoms with Crippen LogP contribution in [-0.4, -0.2) is 27.5 Å². The fourth-order valence-electron chi connectivity index (χ4n) is 2.30. The van der Waals surface area contributed by atoms with Crippen molar-refractivity contribution < 1.29 is 17.9 Å². The monoisotopic (exact) mass is 404 g/mol. The van der Waals surface area contributed by atoms with E-state index in [0.717, 1.165) is 11.1 Å². The molecule has 2 N–H and O–H groups in total. The average molecular weight is 405 g/mol. The summed E-state index contributed by atoms with van der Waals surface area (Å²) in [5.74, 6) is 0.207. The first kappa shape index (κ1) is 21.8. The van der Waals surface area contributed by atoms with Gasteiger partial charge in [-0.05, 0) is 66.8 Å². The van der Waals surface area contributed by atoms with Crippen LogP contribution >= 0.6 is 0 Å². The van der Waals surface area contributed by atoms with Crippen LogP contribution in [0, 0.1) is 19.3 Å². The van der Waals surface area contributed by atoms with E-state index in [1.165, 1.54) is 24.3 Å². The van der Waals surface area contributed by atoms with Crippen LogP contribution in [-0.2, 0) is 14.8 Å². The van der Waals surface area contributed by atoms with E-state index in [-0.39, 0.29) is 22.8 Å². The molecule has 7 heteroatoms. The van der Waals surface area contributed by atoms with Crippen molar-refractivity contribution in [1.29, 1.82) is 0 Å². The number of carbonyl (C=O) groups excluding carboxylic acids is 1. The number of amides is 1. The maximum atomic E-state index is 12.5. The highest BCUT2D eigenvalue weighted by Crippen LogP contribution is 2.21. The molecule has 0 spiro atoms. The summed E-state index contributed by atoms with van der Waals surface area (Å²) in [5.41, 5.74) is 2.61. The first-order chi connectivity index (χ1) is 13.0. The smallest absolute Gasteiger partial charge is 0.261 e. The summed E-state index contributed by atoms with van der Waals surface area (Å²) in [6.07, 6.45) is 0. The molecule has 6 nitrogen and oxygen atoms in total. The van der Waals surface area contributed by atoms with Gasteiger partial charge in [-0.15, -0.1) is 0 Å². The lowest BCUT2D eigenvalue weighted by Crippen LogP contribution is -2.35. The van der Waals surface area contributed by atoms with E-state index >= 15 is 0 Å². The fraction of sp³-hybridized carbons (Fsp3) is 0.381. The van der Waals surface area contributed by atoms with Gasteiger partial charge in [-0.2, -0.15) is 0 Å². The summed E-state index contributed by atoms with van der Waals surface area (Å²) >= 11 is 0. The van der Waals surface area contributed by atoms with Gasteiger partial charge >= 0.3 is 0 Å². The van der Waals surface area contributed by atoms with Crippen LogP contribution in [0.2, 0.25) is 0 Å². The third-order valence-electron chi connectivity index (χ3n) is 4.08. The van der Waals surface area contributed by atoms with Crippen molar-refractivity contribution in [2.45, 2.75) is 39.5 Å².